The average Bonchev–Trinajstić information content (AvgIpc) is 3.20. The number of nitrogens with zero attached hydrogens (tertiary/aromatic N) is 2. The minimum atomic E-state index is -0.165. The van der Waals surface area contributed by atoms with Crippen LogP contribution in [0.5, 0.6) is 0 Å². The summed E-state index contributed by atoms with van der Waals surface area (Å²) in [5.41, 5.74) is 7.14. The lowest BCUT2D eigenvalue weighted by molar-refractivity contribution is 0.331. The van der Waals surface area contributed by atoms with E-state index in [0.29, 0.717) is 5.56 Å². The van der Waals surface area contributed by atoms with Gasteiger partial charge in [-0.05, 0) is 76.1 Å². The molecule has 156 valence electrons. The molecular formula is C27H31FN2. The molecule has 1 aromatic heterocycles. The van der Waals surface area contributed by atoms with E-state index in [1.165, 1.54) is 35.1 Å². The fourth-order valence-electron chi connectivity index (χ4n) is 4.43. The molecule has 0 saturated heterocycles. The molecule has 1 heterocycles. The number of hydrogen-bond acceptors (Lipinski definition) is 1. The van der Waals surface area contributed by atoms with Crippen molar-refractivity contribution in [1.82, 2.24) is 9.78 Å². The summed E-state index contributed by atoms with van der Waals surface area (Å²) in [6, 6.07) is 12.1. The van der Waals surface area contributed by atoms with Crippen LogP contribution in [-0.4, -0.2) is 9.78 Å². The maximum Gasteiger partial charge on any atom is 0.126 e. The lowest BCUT2D eigenvalue weighted by Crippen LogP contribution is -2.34. The van der Waals surface area contributed by atoms with Crippen molar-refractivity contribution in [3.05, 3.63) is 88.0 Å². The Bertz CT molecular complexity index is 1090. The van der Waals surface area contributed by atoms with Gasteiger partial charge in [-0.25, -0.2) is 4.39 Å². The highest BCUT2D eigenvalue weighted by Crippen LogP contribution is 2.46. The molecule has 0 spiro atoms. The van der Waals surface area contributed by atoms with Crippen molar-refractivity contribution < 1.29 is 4.39 Å². The van der Waals surface area contributed by atoms with E-state index in [1.54, 1.807) is 13.0 Å². The number of fused-ring (bicyclic) bond motifs is 1. The van der Waals surface area contributed by atoms with Crippen LogP contribution in [-0.2, 0) is 17.4 Å². The first-order valence-electron chi connectivity index (χ1n) is 10.8. The maximum absolute atomic E-state index is 14.0. The lowest BCUT2D eigenvalue weighted by Gasteiger charge is -2.42. The van der Waals surface area contributed by atoms with Crippen LogP contribution in [0.1, 0.15) is 73.9 Å². The van der Waals surface area contributed by atoms with Gasteiger partial charge in [0.2, 0.25) is 0 Å². The van der Waals surface area contributed by atoms with Crippen LogP contribution in [0.3, 0.4) is 0 Å². The van der Waals surface area contributed by atoms with Crippen LogP contribution < -0.4 is 0 Å². The number of rotatable bonds is 4. The van der Waals surface area contributed by atoms with Crippen molar-refractivity contribution >= 4 is 12.2 Å². The third-order valence-corrected chi connectivity index (χ3v) is 6.66. The van der Waals surface area contributed by atoms with E-state index in [0.717, 1.165) is 12.1 Å². The first-order chi connectivity index (χ1) is 14.2. The van der Waals surface area contributed by atoms with Gasteiger partial charge in [-0.2, -0.15) is 5.10 Å². The number of aryl methyl sites for hydroxylation is 1. The van der Waals surface area contributed by atoms with E-state index in [1.807, 2.05) is 41.4 Å². The molecular weight excluding hydrogens is 371 g/mol. The zero-order valence-electron chi connectivity index (χ0n) is 18.7. The molecule has 3 heteroatoms. The van der Waals surface area contributed by atoms with Crippen molar-refractivity contribution in [3.8, 4) is 0 Å². The van der Waals surface area contributed by atoms with E-state index in [4.69, 9.17) is 0 Å². The summed E-state index contributed by atoms with van der Waals surface area (Å²) < 4.78 is 16.0. The van der Waals surface area contributed by atoms with Crippen LogP contribution in [0.2, 0.25) is 0 Å². The second kappa shape index (κ2) is 7.54. The highest BCUT2D eigenvalue weighted by molar-refractivity contribution is 5.72. The molecule has 0 radical (unpaired) electrons. The Morgan fingerprint density at radius 1 is 1.00 bits per heavy atom. The van der Waals surface area contributed by atoms with Gasteiger partial charge in [0, 0.05) is 12.4 Å². The van der Waals surface area contributed by atoms with E-state index >= 15 is 0 Å². The summed E-state index contributed by atoms with van der Waals surface area (Å²) in [6.45, 7) is 11.9. The van der Waals surface area contributed by atoms with Crippen LogP contribution >= 0.6 is 0 Å². The molecule has 0 aliphatic heterocycles. The fourth-order valence-corrected chi connectivity index (χ4v) is 4.43. The second-order valence-corrected chi connectivity index (χ2v) is 9.91. The molecule has 1 aliphatic carbocycles. The van der Waals surface area contributed by atoms with Gasteiger partial charge in [-0.15, -0.1) is 0 Å². The zero-order chi connectivity index (χ0) is 21.5. The van der Waals surface area contributed by atoms with E-state index in [2.05, 4.69) is 51.0 Å². The molecule has 1 aliphatic rings. The highest BCUT2D eigenvalue weighted by atomic mass is 19.1. The van der Waals surface area contributed by atoms with Gasteiger partial charge in [0.1, 0.15) is 5.82 Å². The van der Waals surface area contributed by atoms with Gasteiger partial charge in [0.15, 0.2) is 0 Å². The molecule has 0 N–H and O–H groups in total. The molecule has 2 aromatic carbocycles. The predicted molar refractivity (Wildman–Crippen MR) is 123 cm³/mol. The van der Waals surface area contributed by atoms with Gasteiger partial charge in [-0.1, -0.05) is 64.1 Å². The average molecular weight is 403 g/mol. The van der Waals surface area contributed by atoms with Crippen molar-refractivity contribution in [2.45, 2.75) is 64.8 Å². The van der Waals surface area contributed by atoms with Crippen molar-refractivity contribution in [3.63, 3.8) is 0 Å². The molecule has 3 aromatic rings. The largest absolute Gasteiger partial charge is 0.268 e. The molecule has 0 atom stereocenters. The standard InChI is InChI=1S/C27H31FN2/c1-19-7-8-20(15-25(19)28)9-10-21-16-23-24(27(4,5)12-11-26(23,2)3)17-22(21)18-30-14-6-13-29-30/h6-10,13-17H,11-12,18H2,1-5H3/b10-9+. The molecule has 0 bridgehead atoms. The summed E-state index contributed by atoms with van der Waals surface area (Å²) in [6.07, 6.45) is 10.3. The van der Waals surface area contributed by atoms with Crippen LogP contribution in [0, 0.1) is 12.7 Å². The first-order valence-corrected chi connectivity index (χ1v) is 10.8. The minimum absolute atomic E-state index is 0.146. The number of hydrogen-bond donors (Lipinski definition) is 0. The third-order valence-electron chi connectivity index (χ3n) is 6.66. The molecule has 2 nitrogen and oxygen atoms in total. The second-order valence-electron chi connectivity index (χ2n) is 9.91. The van der Waals surface area contributed by atoms with Gasteiger partial charge in [0.05, 0.1) is 6.54 Å². The third kappa shape index (κ3) is 3.98. The number of aromatic nitrogens is 2. The number of halogens is 1. The summed E-state index contributed by atoms with van der Waals surface area (Å²) in [5, 5.41) is 4.41. The van der Waals surface area contributed by atoms with Crippen molar-refractivity contribution in [2.24, 2.45) is 0 Å². The monoisotopic (exact) mass is 402 g/mol. The molecule has 0 fully saturated rings. The first kappa shape index (κ1) is 20.6. The van der Waals surface area contributed by atoms with Crippen molar-refractivity contribution in [1.29, 1.82) is 0 Å². The van der Waals surface area contributed by atoms with E-state index in [9.17, 15) is 4.39 Å². The highest BCUT2D eigenvalue weighted by Gasteiger charge is 2.37. The summed E-state index contributed by atoms with van der Waals surface area (Å²) in [4.78, 5) is 0. The lowest BCUT2D eigenvalue weighted by atomic mass is 9.62. The van der Waals surface area contributed by atoms with E-state index in [-0.39, 0.29) is 16.6 Å². The predicted octanol–water partition coefficient (Wildman–Crippen LogP) is 6.90. The van der Waals surface area contributed by atoms with E-state index < -0.39 is 0 Å². The van der Waals surface area contributed by atoms with Crippen LogP contribution in [0.25, 0.3) is 12.2 Å². The normalized spacial score (nSPS) is 17.3. The Kier molecular flexibility index (Phi) is 5.17. The fraction of sp³-hybridized carbons (Fsp3) is 0.370. The minimum Gasteiger partial charge on any atom is -0.268 e. The molecule has 0 saturated carbocycles. The van der Waals surface area contributed by atoms with Crippen LogP contribution in [0.4, 0.5) is 4.39 Å². The molecule has 0 amide bonds. The van der Waals surface area contributed by atoms with Crippen LogP contribution in [0.15, 0.2) is 48.8 Å². The quantitative estimate of drug-likeness (QED) is 0.434. The zero-order valence-corrected chi connectivity index (χ0v) is 18.7. The summed E-state index contributed by atoms with van der Waals surface area (Å²) in [7, 11) is 0. The molecule has 4 rings (SSSR count). The van der Waals surface area contributed by atoms with Gasteiger partial charge >= 0.3 is 0 Å². The Morgan fingerprint density at radius 2 is 1.70 bits per heavy atom. The summed E-state index contributed by atoms with van der Waals surface area (Å²) in [5.74, 6) is -0.165. The summed E-state index contributed by atoms with van der Waals surface area (Å²) >= 11 is 0. The Hall–Kier alpha value is -2.68. The smallest absolute Gasteiger partial charge is 0.126 e. The van der Waals surface area contributed by atoms with Gasteiger partial charge < -0.3 is 0 Å². The van der Waals surface area contributed by atoms with Crippen molar-refractivity contribution in [2.75, 3.05) is 0 Å². The van der Waals surface area contributed by atoms with Gasteiger partial charge in [0.25, 0.3) is 0 Å². The maximum atomic E-state index is 14.0. The molecule has 0 unspecified atom stereocenters. The Morgan fingerprint density at radius 3 is 2.33 bits per heavy atom. The molecule has 30 heavy (non-hydrogen) atoms. The SMILES string of the molecule is Cc1ccc(/C=C/c2cc3c(cc2Cn2cccn2)C(C)(C)CCC3(C)C)cc1F. The Balaban J connectivity index is 1.82. The Labute approximate surface area is 179 Å². The topological polar surface area (TPSA) is 17.8 Å². The number of benzene rings is 2. The van der Waals surface area contributed by atoms with Gasteiger partial charge in [-0.3, -0.25) is 4.68 Å².